The molecule has 0 saturated heterocycles. The number of nitrogens with zero attached hydrogens (tertiary/aromatic N) is 2. The summed E-state index contributed by atoms with van der Waals surface area (Å²) in [5, 5.41) is 13.3. The van der Waals surface area contributed by atoms with E-state index in [0.717, 1.165) is 36.1 Å². The van der Waals surface area contributed by atoms with E-state index in [4.69, 9.17) is 9.47 Å². The number of methoxy groups -OCH3 is 1. The van der Waals surface area contributed by atoms with Gasteiger partial charge in [0.1, 0.15) is 16.6 Å². The third-order valence-corrected chi connectivity index (χ3v) is 2.74. The smallest absolute Gasteiger partial charge is 0.143 e. The van der Waals surface area contributed by atoms with Gasteiger partial charge in [-0.05, 0) is 6.42 Å². The van der Waals surface area contributed by atoms with Crippen LogP contribution < -0.4 is 5.32 Å². The van der Waals surface area contributed by atoms with Crippen molar-refractivity contribution in [3.8, 4) is 0 Å². The van der Waals surface area contributed by atoms with Gasteiger partial charge < -0.3 is 14.8 Å². The molecule has 0 aliphatic heterocycles. The summed E-state index contributed by atoms with van der Waals surface area (Å²) in [7, 11) is 1.69. The summed E-state index contributed by atoms with van der Waals surface area (Å²) in [6.07, 6.45) is 1.03. The Morgan fingerprint density at radius 3 is 2.81 bits per heavy atom. The molecule has 0 atom stereocenters. The second-order valence-electron chi connectivity index (χ2n) is 3.31. The van der Waals surface area contributed by atoms with Crippen LogP contribution in [0.2, 0.25) is 0 Å². The Morgan fingerprint density at radius 1 is 1.25 bits per heavy atom. The lowest BCUT2D eigenvalue weighted by Crippen LogP contribution is -2.18. The molecule has 0 fully saturated rings. The molecule has 0 spiro atoms. The molecule has 5 nitrogen and oxygen atoms in total. The molecule has 1 aromatic rings. The molecule has 0 aliphatic rings. The van der Waals surface area contributed by atoms with Crippen molar-refractivity contribution < 1.29 is 9.47 Å². The highest BCUT2D eigenvalue weighted by Crippen LogP contribution is 2.10. The largest absolute Gasteiger partial charge is 0.383 e. The van der Waals surface area contributed by atoms with E-state index in [-0.39, 0.29) is 0 Å². The first-order valence-corrected chi connectivity index (χ1v) is 6.27. The van der Waals surface area contributed by atoms with E-state index in [0.29, 0.717) is 13.2 Å². The lowest BCUT2D eigenvalue weighted by Gasteiger charge is -1.99. The van der Waals surface area contributed by atoms with Gasteiger partial charge in [0.15, 0.2) is 0 Å². The SMILES string of the molecule is CCCOCc1nnc(CNCCOC)s1. The first-order valence-electron chi connectivity index (χ1n) is 5.45. The zero-order valence-corrected chi connectivity index (χ0v) is 10.7. The summed E-state index contributed by atoms with van der Waals surface area (Å²) in [6, 6.07) is 0. The van der Waals surface area contributed by atoms with Gasteiger partial charge in [0.2, 0.25) is 0 Å². The first-order chi connectivity index (χ1) is 7.86. The lowest BCUT2D eigenvalue weighted by atomic mass is 10.5. The van der Waals surface area contributed by atoms with E-state index >= 15 is 0 Å². The highest BCUT2D eigenvalue weighted by Gasteiger charge is 2.03. The predicted molar refractivity (Wildman–Crippen MR) is 63.4 cm³/mol. The second-order valence-corrected chi connectivity index (χ2v) is 4.46. The Kier molecular flexibility index (Phi) is 7.24. The molecule has 0 amide bonds. The molecule has 6 heteroatoms. The standard InChI is InChI=1S/C10H19N3O2S/c1-3-5-15-8-10-13-12-9(16-10)7-11-4-6-14-2/h11H,3-8H2,1-2H3. The topological polar surface area (TPSA) is 56.3 Å². The van der Waals surface area contributed by atoms with Crippen molar-refractivity contribution in [2.45, 2.75) is 26.5 Å². The molecule has 92 valence electrons. The van der Waals surface area contributed by atoms with E-state index < -0.39 is 0 Å². The maximum absolute atomic E-state index is 5.39. The van der Waals surface area contributed by atoms with Crippen molar-refractivity contribution in [1.82, 2.24) is 15.5 Å². The number of aromatic nitrogens is 2. The van der Waals surface area contributed by atoms with E-state index in [9.17, 15) is 0 Å². The molecule has 0 bridgehead atoms. The maximum atomic E-state index is 5.39. The minimum absolute atomic E-state index is 0.573. The third kappa shape index (κ3) is 5.50. The van der Waals surface area contributed by atoms with E-state index in [2.05, 4.69) is 22.4 Å². The normalized spacial score (nSPS) is 10.9. The molecule has 1 N–H and O–H groups in total. The van der Waals surface area contributed by atoms with E-state index in [1.807, 2.05) is 0 Å². The van der Waals surface area contributed by atoms with Crippen molar-refractivity contribution in [3.05, 3.63) is 10.0 Å². The number of ether oxygens (including phenoxy) is 2. The van der Waals surface area contributed by atoms with Crippen LogP contribution in [0.25, 0.3) is 0 Å². The molecule has 0 aromatic carbocycles. The van der Waals surface area contributed by atoms with Crippen molar-refractivity contribution in [2.24, 2.45) is 0 Å². The zero-order chi connectivity index (χ0) is 11.6. The van der Waals surface area contributed by atoms with Crippen LogP contribution in [0.5, 0.6) is 0 Å². The van der Waals surface area contributed by atoms with Crippen LogP contribution in [-0.2, 0) is 22.6 Å². The number of rotatable bonds is 9. The van der Waals surface area contributed by atoms with Gasteiger partial charge in [-0.3, -0.25) is 0 Å². The van der Waals surface area contributed by atoms with Crippen LogP contribution >= 0.6 is 11.3 Å². The average Bonchev–Trinajstić information content (AvgIpc) is 2.73. The number of hydrogen-bond donors (Lipinski definition) is 1. The van der Waals surface area contributed by atoms with Crippen molar-refractivity contribution in [1.29, 1.82) is 0 Å². The number of hydrogen-bond acceptors (Lipinski definition) is 6. The molecule has 1 rings (SSSR count). The summed E-state index contributed by atoms with van der Waals surface area (Å²) >= 11 is 1.59. The van der Waals surface area contributed by atoms with Gasteiger partial charge >= 0.3 is 0 Å². The van der Waals surface area contributed by atoms with Gasteiger partial charge in [-0.2, -0.15) is 0 Å². The van der Waals surface area contributed by atoms with E-state index in [1.54, 1.807) is 18.4 Å². The number of nitrogens with one attached hydrogen (secondary N) is 1. The summed E-state index contributed by atoms with van der Waals surface area (Å²) in [4.78, 5) is 0. The van der Waals surface area contributed by atoms with Gasteiger partial charge in [-0.15, -0.1) is 10.2 Å². The van der Waals surface area contributed by atoms with Crippen LogP contribution in [0, 0.1) is 0 Å². The minimum atomic E-state index is 0.573. The predicted octanol–water partition coefficient (Wildman–Crippen LogP) is 1.20. The quantitative estimate of drug-likeness (QED) is 0.663. The van der Waals surface area contributed by atoms with Crippen molar-refractivity contribution >= 4 is 11.3 Å². The van der Waals surface area contributed by atoms with Crippen LogP contribution in [0.4, 0.5) is 0 Å². The molecule has 0 unspecified atom stereocenters. The molecule has 0 radical (unpaired) electrons. The average molecular weight is 245 g/mol. The molecule has 1 heterocycles. The summed E-state index contributed by atoms with van der Waals surface area (Å²) in [5.41, 5.74) is 0. The van der Waals surface area contributed by atoms with Crippen molar-refractivity contribution in [3.63, 3.8) is 0 Å². The Morgan fingerprint density at radius 2 is 2.06 bits per heavy atom. The molecule has 16 heavy (non-hydrogen) atoms. The summed E-state index contributed by atoms with van der Waals surface area (Å²) in [6.45, 7) is 5.73. The van der Waals surface area contributed by atoms with Crippen LogP contribution in [0.15, 0.2) is 0 Å². The fraction of sp³-hybridized carbons (Fsp3) is 0.800. The Balaban J connectivity index is 2.17. The molecule has 1 aromatic heterocycles. The maximum Gasteiger partial charge on any atom is 0.143 e. The van der Waals surface area contributed by atoms with Gasteiger partial charge in [-0.1, -0.05) is 18.3 Å². The first kappa shape index (κ1) is 13.5. The van der Waals surface area contributed by atoms with Gasteiger partial charge in [0.25, 0.3) is 0 Å². The van der Waals surface area contributed by atoms with Crippen LogP contribution in [0.1, 0.15) is 23.4 Å². The Bertz CT molecular complexity index is 281. The monoisotopic (exact) mass is 245 g/mol. The molecular weight excluding hydrogens is 226 g/mol. The van der Waals surface area contributed by atoms with Gasteiger partial charge in [-0.25, -0.2) is 0 Å². The van der Waals surface area contributed by atoms with E-state index in [1.165, 1.54) is 0 Å². The van der Waals surface area contributed by atoms with Crippen LogP contribution in [-0.4, -0.2) is 37.1 Å². The van der Waals surface area contributed by atoms with Gasteiger partial charge in [0, 0.05) is 26.8 Å². The molecule has 0 aliphatic carbocycles. The highest BCUT2D eigenvalue weighted by atomic mass is 32.1. The fourth-order valence-electron chi connectivity index (χ4n) is 1.09. The van der Waals surface area contributed by atoms with Crippen molar-refractivity contribution in [2.75, 3.05) is 26.9 Å². The lowest BCUT2D eigenvalue weighted by molar-refractivity contribution is 0.121. The van der Waals surface area contributed by atoms with Gasteiger partial charge in [0.05, 0.1) is 6.61 Å². The Labute approximate surface area is 100 Å². The second kappa shape index (κ2) is 8.58. The third-order valence-electron chi connectivity index (χ3n) is 1.84. The fourth-order valence-corrected chi connectivity index (χ4v) is 1.84. The minimum Gasteiger partial charge on any atom is -0.383 e. The molecular formula is C10H19N3O2S. The highest BCUT2D eigenvalue weighted by molar-refractivity contribution is 7.11. The van der Waals surface area contributed by atoms with Crippen LogP contribution in [0.3, 0.4) is 0 Å². The zero-order valence-electron chi connectivity index (χ0n) is 9.86. The Hall–Kier alpha value is -0.560. The summed E-state index contributed by atoms with van der Waals surface area (Å²) in [5.74, 6) is 0. The summed E-state index contributed by atoms with van der Waals surface area (Å²) < 4.78 is 10.3. The molecule has 0 saturated carbocycles.